The molecule has 3 N–H and O–H groups in total. The van der Waals surface area contributed by atoms with Crippen LogP contribution in [0.1, 0.15) is 20.8 Å². The van der Waals surface area contributed by atoms with Crippen LogP contribution in [0, 0.1) is 0 Å². The van der Waals surface area contributed by atoms with Crippen LogP contribution in [0.25, 0.3) is 0 Å². The van der Waals surface area contributed by atoms with Crippen LogP contribution in [0.3, 0.4) is 0 Å². The van der Waals surface area contributed by atoms with Gasteiger partial charge in [-0.3, -0.25) is 20.0 Å². The van der Waals surface area contributed by atoms with Crippen molar-refractivity contribution in [1.82, 2.24) is 16.2 Å². The Labute approximate surface area is 152 Å². The topological polar surface area (TPSA) is 90.5 Å². The highest BCUT2D eigenvalue weighted by Gasteiger charge is 2.21. The van der Waals surface area contributed by atoms with Crippen molar-refractivity contribution in [1.29, 1.82) is 0 Å². The second kappa shape index (κ2) is 8.00. The number of amides is 1. The fourth-order valence-electron chi connectivity index (χ4n) is 1.70. The van der Waals surface area contributed by atoms with E-state index in [4.69, 9.17) is 23.8 Å². The van der Waals surface area contributed by atoms with Gasteiger partial charge >= 0.3 is 0 Å². The maximum atomic E-state index is 12.0. The van der Waals surface area contributed by atoms with E-state index in [0.717, 1.165) is 10.6 Å². The Kier molecular flexibility index (Phi) is 6.82. The van der Waals surface area contributed by atoms with Crippen molar-refractivity contribution in [2.45, 2.75) is 26.3 Å². The van der Waals surface area contributed by atoms with Gasteiger partial charge in [0.05, 0.1) is 11.9 Å². The highest BCUT2D eigenvalue weighted by atomic mass is 35.5. The van der Waals surface area contributed by atoms with Crippen LogP contribution in [0.15, 0.2) is 24.3 Å². The number of rotatable bonds is 4. The molecule has 0 aromatic heterocycles. The third-order valence-electron chi connectivity index (χ3n) is 2.59. The third-order valence-corrected chi connectivity index (χ3v) is 4.17. The molecule has 1 aromatic rings. The summed E-state index contributed by atoms with van der Waals surface area (Å²) in [5.74, 6) is -0.571. The summed E-state index contributed by atoms with van der Waals surface area (Å²) in [6, 6.07) is 6.24. The molecule has 0 saturated heterocycles. The molecule has 0 radical (unpaired) electrons. The standard InChI is InChI=1S/C14H21ClN4O3S2/c1-14(2,3)16-13(23)18-17-12(20)9-19(24(4,21)22)11-7-5-6-10(15)8-11/h5-8H,9H2,1-4H3,(H,17,20)(H2,16,18,23). The number of hydrogen-bond acceptors (Lipinski definition) is 4. The SMILES string of the molecule is CC(C)(C)NC(=S)NNC(=O)CN(c1cccc(Cl)c1)S(C)(=O)=O. The van der Waals surface area contributed by atoms with Gasteiger partial charge < -0.3 is 5.32 Å². The van der Waals surface area contributed by atoms with Crippen LogP contribution in [0.4, 0.5) is 5.69 Å². The molecule has 0 unspecified atom stereocenters. The molecule has 0 spiro atoms. The number of nitrogens with one attached hydrogen (secondary N) is 3. The van der Waals surface area contributed by atoms with Crippen molar-refractivity contribution in [3.63, 3.8) is 0 Å². The zero-order valence-electron chi connectivity index (χ0n) is 13.9. The van der Waals surface area contributed by atoms with E-state index in [1.807, 2.05) is 20.8 Å². The second-order valence-electron chi connectivity index (χ2n) is 6.13. The van der Waals surface area contributed by atoms with E-state index < -0.39 is 22.5 Å². The van der Waals surface area contributed by atoms with Crippen LogP contribution in [-0.4, -0.2) is 37.8 Å². The maximum Gasteiger partial charge on any atom is 0.259 e. The average molecular weight is 393 g/mol. The first-order valence-electron chi connectivity index (χ1n) is 6.99. The zero-order chi connectivity index (χ0) is 18.5. The molecular weight excluding hydrogens is 372 g/mol. The van der Waals surface area contributed by atoms with Crippen molar-refractivity contribution in [2.75, 3.05) is 17.1 Å². The summed E-state index contributed by atoms with van der Waals surface area (Å²) in [6.07, 6.45) is 1.01. The van der Waals surface area contributed by atoms with Gasteiger partial charge in [0, 0.05) is 10.6 Å². The number of anilines is 1. The van der Waals surface area contributed by atoms with Crippen LogP contribution in [0.5, 0.6) is 0 Å². The number of benzene rings is 1. The quantitative estimate of drug-likeness (QED) is 0.530. The molecule has 1 aromatic carbocycles. The number of carbonyl (C=O) groups excluding carboxylic acids is 1. The van der Waals surface area contributed by atoms with Crippen LogP contribution in [-0.2, 0) is 14.8 Å². The molecule has 0 atom stereocenters. The minimum Gasteiger partial charge on any atom is -0.357 e. The molecule has 7 nitrogen and oxygen atoms in total. The normalized spacial score (nSPS) is 11.5. The van der Waals surface area contributed by atoms with Crippen molar-refractivity contribution in [3.05, 3.63) is 29.3 Å². The van der Waals surface area contributed by atoms with Crippen molar-refractivity contribution in [3.8, 4) is 0 Å². The fourth-order valence-corrected chi connectivity index (χ4v) is 3.09. The number of halogens is 1. The fraction of sp³-hybridized carbons (Fsp3) is 0.429. The number of hydrazine groups is 1. The van der Waals surface area contributed by atoms with Gasteiger partial charge in [0.1, 0.15) is 6.54 Å². The molecule has 0 bridgehead atoms. The lowest BCUT2D eigenvalue weighted by Gasteiger charge is -2.24. The molecule has 134 valence electrons. The Balaban J connectivity index is 2.75. The van der Waals surface area contributed by atoms with Gasteiger partial charge in [-0.05, 0) is 51.2 Å². The molecular formula is C14H21ClN4O3S2. The van der Waals surface area contributed by atoms with E-state index in [9.17, 15) is 13.2 Å². The lowest BCUT2D eigenvalue weighted by atomic mass is 10.1. The molecule has 0 saturated carbocycles. The molecule has 0 aliphatic rings. The van der Waals surface area contributed by atoms with Gasteiger partial charge in [0.15, 0.2) is 5.11 Å². The molecule has 0 fully saturated rings. The molecule has 1 amide bonds. The first-order valence-corrected chi connectivity index (χ1v) is 9.62. The number of thiocarbonyl (C=S) groups is 1. The van der Waals surface area contributed by atoms with E-state index in [2.05, 4.69) is 16.2 Å². The second-order valence-corrected chi connectivity index (χ2v) is 8.88. The van der Waals surface area contributed by atoms with E-state index in [1.54, 1.807) is 18.2 Å². The Morgan fingerprint density at radius 3 is 2.42 bits per heavy atom. The molecule has 10 heteroatoms. The lowest BCUT2D eigenvalue weighted by molar-refractivity contribution is -0.120. The first-order chi connectivity index (χ1) is 10.9. The van der Waals surface area contributed by atoms with Gasteiger partial charge in [0.25, 0.3) is 5.91 Å². The summed E-state index contributed by atoms with van der Waals surface area (Å²) in [4.78, 5) is 12.0. The summed E-state index contributed by atoms with van der Waals surface area (Å²) in [7, 11) is -3.66. The van der Waals surface area contributed by atoms with Crippen LogP contribution < -0.4 is 20.5 Å². The smallest absolute Gasteiger partial charge is 0.259 e. The van der Waals surface area contributed by atoms with Gasteiger partial charge in [-0.15, -0.1) is 0 Å². The highest BCUT2D eigenvalue weighted by molar-refractivity contribution is 7.92. The van der Waals surface area contributed by atoms with E-state index >= 15 is 0 Å². The monoisotopic (exact) mass is 392 g/mol. The summed E-state index contributed by atoms with van der Waals surface area (Å²) >= 11 is 10.9. The number of nitrogens with zero attached hydrogens (tertiary/aromatic N) is 1. The Morgan fingerprint density at radius 2 is 1.92 bits per heavy atom. The van der Waals surface area contributed by atoms with Gasteiger partial charge in [-0.25, -0.2) is 8.42 Å². The third kappa shape index (κ3) is 7.33. The summed E-state index contributed by atoms with van der Waals surface area (Å²) in [5.41, 5.74) is 4.92. The summed E-state index contributed by atoms with van der Waals surface area (Å²) < 4.78 is 24.9. The number of carbonyl (C=O) groups is 1. The molecule has 0 heterocycles. The lowest BCUT2D eigenvalue weighted by Crippen LogP contribution is -2.54. The molecule has 0 aliphatic heterocycles. The summed E-state index contributed by atoms with van der Waals surface area (Å²) in [6.45, 7) is 5.32. The van der Waals surface area contributed by atoms with Crippen molar-refractivity contribution >= 4 is 50.5 Å². The van der Waals surface area contributed by atoms with Crippen molar-refractivity contribution < 1.29 is 13.2 Å². The van der Waals surface area contributed by atoms with E-state index in [0.29, 0.717) is 10.7 Å². The van der Waals surface area contributed by atoms with E-state index in [1.165, 1.54) is 6.07 Å². The average Bonchev–Trinajstić information content (AvgIpc) is 2.39. The Morgan fingerprint density at radius 1 is 1.29 bits per heavy atom. The van der Waals surface area contributed by atoms with Crippen molar-refractivity contribution in [2.24, 2.45) is 0 Å². The maximum absolute atomic E-state index is 12.0. The summed E-state index contributed by atoms with van der Waals surface area (Å²) in [5, 5.41) is 3.55. The Bertz CT molecular complexity index is 717. The first kappa shape index (κ1) is 20.5. The van der Waals surface area contributed by atoms with Crippen LogP contribution >= 0.6 is 23.8 Å². The highest BCUT2D eigenvalue weighted by Crippen LogP contribution is 2.21. The van der Waals surface area contributed by atoms with Gasteiger partial charge in [-0.2, -0.15) is 0 Å². The predicted octanol–water partition coefficient (Wildman–Crippen LogP) is 1.40. The van der Waals surface area contributed by atoms with Gasteiger partial charge in [-0.1, -0.05) is 17.7 Å². The largest absolute Gasteiger partial charge is 0.357 e. The van der Waals surface area contributed by atoms with Crippen LogP contribution in [0.2, 0.25) is 5.02 Å². The minimum absolute atomic E-state index is 0.226. The zero-order valence-corrected chi connectivity index (χ0v) is 16.3. The predicted molar refractivity (Wildman–Crippen MR) is 100 cm³/mol. The molecule has 0 aliphatic carbocycles. The molecule has 1 rings (SSSR count). The molecule has 24 heavy (non-hydrogen) atoms. The van der Waals surface area contributed by atoms with E-state index in [-0.39, 0.29) is 10.7 Å². The Hall–Kier alpha value is -1.58. The number of hydrogen-bond donors (Lipinski definition) is 3. The van der Waals surface area contributed by atoms with Gasteiger partial charge in [0.2, 0.25) is 10.0 Å². The number of sulfonamides is 1. The minimum atomic E-state index is -3.66.